The number of rotatable bonds is 1. The molecule has 1 aromatic carbocycles. The number of nitrogens with one attached hydrogen (secondary N) is 1. The first-order valence-electron chi connectivity index (χ1n) is 3.76. The van der Waals surface area contributed by atoms with E-state index < -0.39 is 0 Å². The van der Waals surface area contributed by atoms with Crippen molar-refractivity contribution >= 4 is 0 Å². The van der Waals surface area contributed by atoms with Crippen molar-refractivity contribution in [3.05, 3.63) is 35.9 Å². The molecule has 2 nitrogen and oxygen atoms in total. The van der Waals surface area contributed by atoms with Gasteiger partial charge in [0.05, 0.1) is 12.1 Å². The summed E-state index contributed by atoms with van der Waals surface area (Å²) < 4.78 is 0. The van der Waals surface area contributed by atoms with E-state index in [-0.39, 0.29) is 5.54 Å². The van der Waals surface area contributed by atoms with Gasteiger partial charge in [-0.15, -0.1) is 0 Å². The highest BCUT2D eigenvalue weighted by Gasteiger charge is 2.34. The Balaban J connectivity index is 2.29. The SMILES string of the molecule is CC1(c2ccccc2)CON1. The van der Waals surface area contributed by atoms with Gasteiger partial charge in [0, 0.05) is 0 Å². The Morgan fingerprint density at radius 1 is 1.36 bits per heavy atom. The summed E-state index contributed by atoms with van der Waals surface area (Å²) in [5, 5.41) is 0. The topological polar surface area (TPSA) is 21.3 Å². The summed E-state index contributed by atoms with van der Waals surface area (Å²) in [7, 11) is 0. The van der Waals surface area contributed by atoms with E-state index in [0.29, 0.717) is 0 Å². The average Bonchev–Trinajstić information content (AvgIpc) is 2.02. The fourth-order valence-electron chi connectivity index (χ4n) is 1.24. The van der Waals surface area contributed by atoms with Crippen LogP contribution in [0, 0.1) is 0 Å². The largest absolute Gasteiger partial charge is 0.298 e. The number of hydrogen-bond acceptors (Lipinski definition) is 2. The molecule has 1 aliphatic heterocycles. The van der Waals surface area contributed by atoms with Crippen molar-refractivity contribution in [2.45, 2.75) is 12.5 Å². The van der Waals surface area contributed by atoms with E-state index in [1.54, 1.807) is 0 Å². The van der Waals surface area contributed by atoms with Crippen LogP contribution in [0.5, 0.6) is 0 Å². The summed E-state index contributed by atoms with van der Waals surface area (Å²) in [5.74, 6) is 0. The Morgan fingerprint density at radius 3 is 2.45 bits per heavy atom. The molecule has 1 fully saturated rings. The Labute approximate surface area is 66.1 Å². The zero-order chi connectivity index (χ0) is 7.73. The van der Waals surface area contributed by atoms with Crippen molar-refractivity contribution < 1.29 is 4.84 Å². The molecule has 0 aliphatic carbocycles. The normalized spacial score (nSPS) is 29.5. The zero-order valence-electron chi connectivity index (χ0n) is 6.50. The highest BCUT2D eigenvalue weighted by molar-refractivity contribution is 5.24. The maximum Gasteiger partial charge on any atom is 0.0925 e. The standard InChI is InChI=1S/C9H11NO/c1-9(7-11-10-9)8-5-3-2-4-6-8/h2-6,10H,7H2,1H3. The molecule has 0 saturated carbocycles. The minimum Gasteiger partial charge on any atom is -0.298 e. The first-order valence-corrected chi connectivity index (χ1v) is 3.76. The molecule has 11 heavy (non-hydrogen) atoms. The maximum absolute atomic E-state index is 4.94. The third-order valence-electron chi connectivity index (χ3n) is 2.07. The lowest BCUT2D eigenvalue weighted by atomic mass is 9.92. The third-order valence-corrected chi connectivity index (χ3v) is 2.07. The van der Waals surface area contributed by atoms with Gasteiger partial charge in [-0.05, 0) is 12.5 Å². The lowest BCUT2D eigenvalue weighted by Crippen LogP contribution is -2.54. The van der Waals surface area contributed by atoms with Crippen LogP contribution in [0.1, 0.15) is 12.5 Å². The quantitative estimate of drug-likeness (QED) is 0.652. The van der Waals surface area contributed by atoms with E-state index in [1.165, 1.54) is 5.56 Å². The highest BCUT2D eigenvalue weighted by atomic mass is 16.7. The smallest absolute Gasteiger partial charge is 0.0925 e. The zero-order valence-corrected chi connectivity index (χ0v) is 6.50. The molecule has 1 N–H and O–H groups in total. The van der Waals surface area contributed by atoms with Gasteiger partial charge in [-0.1, -0.05) is 30.3 Å². The molecule has 0 radical (unpaired) electrons. The Morgan fingerprint density at radius 2 is 2.00 bits per heavy atom. The monoisotopic (exact) mass is 149 g/mol. The van der Waals surface area contributed by atoms with E-state index in [9.17, 15) is 0 Å². The van der Waals surface area contributed by atoms with Crippen LogP contribution in [0.4, 0.5) is 0 Å². The molecule has 0 spiro atoms. The van der Waals surface area contributed by atoms with Crippen LogP contribution in [-0.4, -0.2) is 6.61 Å². The molecule has 1 unspecified atom stereocenters. The number of hydrogen-bond donors (Lipinski definition) is 1. The first-order chi connectivity index (χ1) is 5.31. The fraction of sp³-hybridized carbons (Fsp3) is 0.333. The molecular formula is C9H11NO. The van der Waals surface area contributed by atoms with Crippen LogP contribution in [-0.2, 0) is 10.4 Å². The van der Waals surface area contributed by atoms with Gasteiger partial charge in [-0.25, -0.2) is 0 Å². The minimum atomic E-state index is 0.0429. The van der Waals surface area contributed by atoms with Crippen molar-refractivity contribution in [3.63, 3.8) is 0 Å². The van der Waals surface area contributed by atoms with Gasteiger partial charge in [0.1, 0.15) is 0 Å². The van der Waals surface area contributed by atoms with Gasteiger partial charge in [0.2, 0.25) is 0 Å². The Kier molecular flexibility index (Phi) is 1.44. The second-order valence-electron chi connectivity index (χ2n) is 3.09. The van der Waals surface area contributed by atoms with Gasteiger partial charge in [0.25, 0.3) is 0 Å². The molecule has 1 saturated heterocycles. The van der Waals surface area contributed by atoms with Gasteiger partial charge >= 0.3 is 0 Å². The van der Waals surface area contributed by atoms with E-state index in [2.05, 4.69) is 24.5 Å². The Hall–Kier alpha value is -0.860. The summed E-state index contributed by atoms with van der Waals surface area (Å²) in [4.78, 5) is 4.94. The van der Waals surface area contributed by atoms with Crippen molar-refractivity contribution in [1.82, 2.24) is 5.48 Å². The predicted octanol–water partition coefficient (Wildman–Crippen LogP) is 1.44. The molecule has 1 atom stereocenters. The molecule has 2 rings (SSSR count). The second kappa shape index (κ2) is 2.32. The Bertz CT molecular complexity index is 241. The molecular weight excluding hydrogens is 138 g/mol. The van der Waals surface area contributed by atoms with E-state index >= 15 is 0 Å². The van der Waals surface area contributed by atoms with Crippen LogP contribution >= 0.6 is 0 Å². The molecule has 1 aromatic rings. The highest BCUT2D eigenvalue weighted by Crippen LogP contribution is 2.25. The summed E-state index contributed by atoms with van der Waals surface area (Å²) in [6.07, 6.45) is 0. The fourth-order valence-corrected chi connectivity index (χ4v) is 1.24. The van der Waals surface area contributed by atoms with E-state index in [0.717, 1.165) is 6.61 Å². The summed E-state index contributed by atoms with van der Waals surface area (Å²) in [6, 6.07) is 10.3. The molecule has 1 heterocycles. The lowest BCUT2D eigenvalue weighted by Gasteiger charge is -2.39. The average molecular weight is 149 g/mol. The molecule has 1 aliphatic rings. The minimum absolute atomic E-state index is 0.0429. The van der Waals surface area contributed by atoms with E-state index in [4.69, 9.17) is 4.84 Å². The lowest BCUT2D eigenvalue weighted by molar-refractivity contribution is -0.155. The summed E-state index contributed by atoms with van der Waals surface area (Å²) in [6.45, 7) is 2.89. The number of hydroxylamine groups is 1. The molecule has 0 amide bonds. The van der Waals surface area contributed by atoms with Crippen molar-refractivity contribution in [2.75, 3.05) is 6.61 Å². The van der Waals surface area contributed by atoms with Gasteiger partial charge in [-0.3, -0.25) is 4.84 Å². The van der Waals surface area contributed by atoms with Crippen LogP contribution in [0.2, 0.25) is 0 Å². The summed E-state index contributed by atoms with van der Waals surface area (Å²) in [5.41, 5.74) is 4.26. The van der Waals surface area contributed by atoms with Crippen molar-refractivity contribution in [3.8, 4) is 0 Å². The first kappa shape index (κ1) is 6.83. The van der Waals surface area contributed by atoms with Gasteiger partial charge in [-0.2, -0.15) is 5.48 Å². The molecule has 58 valence electrons. The van der Waals surface area contributed by atoms with Crippen LogP contribution < -0.4 is 5.48 Å². The van der Waals surface area contributed by atoms with E-state index in [1.807, 2.05) is 18.2 Å². The van der Waals surface area contributed by atoms with Crippen LogP contribution in [0.15, 0.2) is 30.3 Å². The van der Waals surface area contributed by atoms with Gasteiger partial charge in [0.15, 0.2) is 0 Å². The maximum atomic E-state index is 4.94. The van der Waals surface area contributed by atoms with Crippen molar-refractivity contribution in [2.24, 2.45) is 0 Å². The summed E-state index contributed by atoms with van der Waals surface area (Å²) >= 11 is 0. The molecule has 0 bridgehead atoms. The second-order valence-corrected chi connectivity index (χ2v) is 3.09. The van der Waals surface area contributed by atoms with Crippen molar-refractivity contribution in [1.29, 1.82) is 0 Å². The number of benzene rings is 1. The molecule has 2 heteroatoms. The molecule has 0 aromatic heterocycles. The van der Waals surface area contributed by atoms with Crippen LogP contribution in [0.3, 0.4) is 0 Å². The van der Waals surface area contributed by atoms with Crippen LogP contribution in [0.25, 0.3) is 0 Å². The predicted molar refractivity (Wildman–Crippen MR) is 42.9 cm³/mol. The van der Waals surface area contributed by atoms with Gasteiger partial charge < -0.3 is 0 Å². The third kappa shape index (κ3) is 1.04.